The summed E-state index contributed by atoms with van der Waals surface area (Å²) in [5, 5.41) is 7.35. The van der Waals surface area contributed by atoms with E-state index in [2.05, 4.69) is 17.6 Å². The van der Waals surface area contributed by atoms with Gasteiger partial charge in [0.25, 0.3) is 0 Å². The molecule has 5 heteroatoms. The highest BCUT2D eigenvalue weighted by molar-refractivity contribution is 7.80. The average molecular weight is 322 g/mol. The lowest BCUT2D eigenvalue weighted by atomic mass is 9.86. The summed E-state index contributed by atoms with van der Waals surface area (Å²) in [5.74, 6) is 2.12. The highest BCUT2D eigenvalue weighted by atomic mass is 32.1. The van der Waals surface area contributed by atoms with Crippen molar-refractivity contribution in [3.05, 3.63) is 18.2 Å². The van der Waals surface area contributed by atoms with Crippen LogP contribution in [-0.2, 0) is 0 Å². The van der Waals surface area contributed by atoms with Crippen molar-refractivity contribution in [2.24, 2.45) is 5.92 Å². The first-order valence-electron chi connectivity index (χ1n) is 8.02. The third-order valence-corrected chi connectivity index (χ3v) is 4.37. The molecule has 2 N–H and O–H groups in total. The van der Waals surface area contributed by atoms with Crippen LogP contribution >= 0.6 is 12.2 Å². The summed E-state index contributed by atoms with van der Waals surface area (Å²) in [6.45, 7) is 4.86. The van der Waals surface area contributed by atoms with E-state index in [0.29, 0.717) is 29.4 Å². The molecule has 0 heterocycles. The van der Waals surface area contributed by atoms with E-state index < -0.39 is 0 Å². The molecule has 22 heavy (non-hydrogen) atoms. The minimum Gasteiger partial charge on any atom is -0.493 e. The second-order valence-corrected chi connectivity index (χ2v) is 6.17. The van der Waals surface area contributed by atoms with Gasteiger partial charge in [0.15, 0.2) is 16.6 Å². The molecule has 0 bridgehead atoms. The number of hydrogen-bond donors (Lipinski definition) is 2. The molecule has 0 saturated heterocycles. The molecule has 1 fully saturated rings. The molecule has 0 radical (unpaired) electrons. The van der Waals surface area contributed by atoms with E-state index >= 15 is 0 Å². The lowest BCUT2D eigenvalue weighted by Crippen LogP contribution is -2.43. The zero-order chi connectivity index (χ0) is 15.9. The maximum atomic E-state index is 5.52. The molecule has 1 aliphatic carbocycles. The van der Waals surface area contributed by atoms with Gasteiger partial charge in [0.05, 0.1) is 13.7 Å². The Morgan fingerprint density at radius 3 is 2.73 bits per heavy atom. The third kappa shape index (κ3) is 4.50. The zero-order valence-corrected chi connectivity index (χ0v) is 14.5. The van der Waals surface area contributed by atoms with Crippen LogP contribution in [0.5, 0.6) is 11.5 Å². The van der Waals surface area contributed by atoms with Crippen molar-refractivity contribution in [2.75, 3.05) is 19.0 Å². The fraction of sp³-hybridized carbons (Fsp3) is 0.588. The molecule has 2 rings (SSSR count). The molecule has 0 amide bonds. The number of methoxy groups -OCH3 is 1. The molecule has 1 aromatic carbocycles. The van der Waals surface area contributed by atoms with Gasteiger partial charge in [-0.25, -0.2) is 0 Å². The van der Waals surface area contributed by atoms with Gasteiger partial charge in [0, 0.05) is 17.8 Å². The molecule has 0 aliphatic heterocycles. The van der Waals surface area contributed by atoms with Crippen LogP contribution < -0.4 is 20.1 Å². The van der Waals surface area contributed by atoms with Crippen LogP contribution in [0.1, 0.15) is 39.5 Å². The van der Waals surface area contributed by atoms with Gasteiger partial charge in [-0.1, -0.05) is 19.8 Å². The lowest BCUT2D eigenvalue weighted by Gasteiger charge is -2.30. The molecular formula is C17H26N2O2S. The Balaban J connectivity index is 1.96. The zero-order valence-electron chi connectivity index (χ0n) is 13.6. The van der Waals surface area contributed by atoms with Crippen molar-refractivity contribution >= 4 is 23.0 Å². The Morgan fingerprint density at radius 1 is 1.27 bits per heavy atom. The lowest BCUT2D eigenvalue weighted by molar-refractivity contribution is 0.309. The van der Waals surface area contributed by atoms with Crippen molar-refractivity contribution in [3.63, 3.8) is 0 Å². The number of anilines is 1. The van der Waals surface area contributed by atoms with Gasteiger partial charge in [0.2, 0.25) is 0 Å². The van der Waals surface area contributed by atoms with E-state index in [4.69, 9.17) is 21.7 Å². The second kappa shape index (κ2) is 8.22. The van der Waals surface area contributed by atoms with Gasteiger partial charge in [-0.2, -0.15) is 0 Å². The Labute approximate surface area is 138 Å². The van der Waals surface area contributed by atoms with Crippen molar-refractivity contribution < 1.29 is 9.47 Å². The Morgan fingerprint density at radius 2 is 2.05 bits per heavy atom. The predicted octanol–water partition coefficient (Wildman–Crippen LogP) is 3.96. The van der Waals surface area contributed by atoms with Gasteiger partial charge in [0.1, 0.15) is 0 Å². The average Bonchev–Trinajstić information content (AvgIpc) is 2.51. The van der Waals surface area contributed by atoms with Gasteiger partial charge in [-0.15, -0.1) is 0 Å². The number of ether oxygens (including phenoxy) is 2. The molecule has 1 aliphatic rings. The summed E-state index contributed by atoms with van der Waals surface area (Å²) in [4.78, 5) is 0. The largest absolute Gasteiger partial charge is 0.493 e. The Bertz CT molecular complexity index is 507. The molecule has 2 atom stereocenters. The van der Waals surface area contributed by atoms with Gasteiger partial charge < -0.3 is 20.1 Å². The SMILES string of the molecule is CCOc1ccc(NC(=S)N[C@H]2CCCC[C@@H]2C)cc1OC. The monoisotopic (exact) mass is 322 g/mol. The number of nitrogens with one attached hydrogen (secondary N) is 2. The first-order chi connectivity index (χ1) is 10.6. The first-order valence-corrected chi connectivity index (χ1v) is 8.43. The van der Waals surface area contributed by atoms with Crippen LogP contribution in [0.4, 0.5) is 5.69 Å². The van der Waals surface area contributed by atoms with E-state index in [1.54, 1.807) is 7.11 Å². The summed E-state index contributed by atoms with van der Waals surface area (Å²) in [6, 6.07) is 6.23. The number of rotatable bonds is 5. The van der Waals surface area contributed by atoms with Crippen LogP contribution in [0.2, 0.25) is 0 Å². The van der Waals surface area contributed by atoms with E-state index in [0.717, 1.165) is 11.4 Å². The number of benzene rings is 1. The highest BCUT2D eigenvalue weighted by Gasteiger charge is 2.21. The maximum Gasteiger partial charge on any atom is 0.171 e. The van der Waals surface area contributed by atoms with Crippen LogP contribution in [0.15, 0.2) is 18.2 Å². The van der Waals surface area contributed by atoms with E-state index in [9.17, 15) is 0 Å². The van der Waals surface area contributed by atoms with Gasteiger partial charge in [-0.05, 0) is 50.0 Å². The normalized spacial score (nSPS) is 21.0. The summed E-state index contributed by atoms with van der Waals surface area (Å²) < 4.78 is 10.9. The van der Waals surface area contributed by atoms with E-state index in [1.807, 2.05) is 25.1 Å². The fourth-order valence-electron chi connectivity index (χ4n) is 2.89. The molecule has 0 unspecified atom stereocenters. The molecule has 0 aromatic heterocycles. The van der Waals surface area contributed by atoms with Crippen molar-refractivity contribution in [2.45, 2.75) is 45.6 Å². The fourth-order valence-corrected chi connectivity index (χ4v) is 3.16. The van der Waals surface area contributed by atoms with Crippen molar-refractivity contribution in [3.8, 4) is 11.5 Å². The highest BCUT2D eigenvalue weighted by Crippen LogP contribution is 2.30. The summed E-state index contributed by atoms with van der Waals surface area (Å²) in [6.07, 6.45) is 5.07. The Hall–Kier alpha value is -1.49. The quantitative estimate of drug-likeness (QED) is 0.803. The van der Waals surface area contributed by atoms with Gasteiger partial charge in [-0.3, -0.25) is 0 Å². The van der Waals surface area contributed by atoms with Gasteiger partial charge >= 0.3 is 0 Å². The van der Waals surface area contributed by atoms with Crippen molar-refractivity contribution in [1.29, 1.82) is 0 Å². The van der Waals surface area contributed by atoms with Crippen molar-refractivity contribution in [1.82, 2.24) is 5.32 Å². The van der Waals surface area contributed by atoms with E-state index in [1.165, 1.54) is 25.7 Å². The summed E-state index contributed by atoms with van der Waals surface area (Å²) >= 11 is 5.44. The topological polar surface area (TPSA) is 42.5 Å². The van der Waals surface area contributed by atoms with Crippen LogP contribution in [0.3, 0.4) is 0 Å². The molecule has 1 saturated carbocycles. The molecule has 122 valence electrons. The minimum atomic E-state index is 0.471. The minimum absolute atomic E-state index is 0.471. The predicted molar refractivity (Wildman–Crippen MR) is 94.9 cm³/mol. The number of hydrogen-bond acceptors (Lipinski definition) is 3. The van der Waals surface area contributed by atoms with Crippen LogP contribution in [-0.4, -0.2) is 24.9 Å². The molecule has 1 aromatic rings. The maximum absolute atomic E-state index is 5.52. The number of thiocarbonyl (C=S) groups is 1. The molecule has 4 nitrogen and oxygen atoms in total. The van der Waals surface area contributed by atoms with Crippen LogP contribution in [0, 0.1) is 5.92 Å². The standard InChI is InChI=1S/C17H26N2O2S/c1-4-21-15-10-9-13(11-16(15)20-3)18-17(22)19-14-8-6-5-7-12(14)2/h9-12,14H,4-8H2,1-3H3,(H2,18,19,22)/t12-,14-/m0/s1. The smallest absolute Gasteiger partial charge is 0.171 e. The second-order valence-electron chi connectivity index (χ2n) is 5.77. The summed E-state index contributed by atoms with van der Waals surface area (Å²) in [5.41, 5.74) is 0.904. The first kappa shape index (κ1) is 16.9. The van der Waals surface area contributed by atoms with E-state index in [-0.39, 0.29) is 0 Å². The third-order valence-electron chi connectivity index (χ3n) is 4.15. The molecular weight excluding hydrogens is 296 g/mol. The Kier molecular flexibility index (Phi) is 6.31. The summed E-state index contributed by atoms with van der Waals surface area (Å²) in [7, 11) is 1.64. The molecule has 0 spiro atoms. The van der Waals surface area contributed by atoms with Crippen LogP contribution in [0.25, 0.3) is 0 Å².